The zero-order valence-electron chi connectivity index (χ0n) is 17.1. The van der Waals surface area contributed by atoms with Crippen LogP contribution in [-0.2, 0) is 21.2 Å². The number of carbonyl (C=O) groups excluding carboxylic acids is 1. The molecule has 1 fully saturated rings. The van der Waals surface area contributed by atoms with Gasteiger partial charge in [-0.25, -0.2) is 13.1 Å². The van der Waals surface area contributed by atoms with Crippen LogP contribution < -0.4 is 19.1 Å². The molecular formula is C22H26N2O5S. The van der Waals surface area contributed by atoms with Crippen LogP contribution in [-0.4, -0.2) is 40.6 Å². The van der Waals surface area contributed by atoms with Crippen molar-refractivity contribution >= 4 is 21.6 Å². The van der Waals surface area contributed by atoms with Crippen molar-refractivity contribution in [2.45, 2.75) is 37.1 Å². The summed E-state index contributed by atoms with van der Waals surface area (Å²) in [6, 6.07) is 11.7. The number of fused-ring (bicyclic) bond motifs is 1. The second kappa shape index (κ2) is 8.28. The van der Waals surface area contributed by atoms with Crippen molar-refractivity contribution in [3.8, 4) is 11.5 Å². The average Bonchev–Trinajstić information content (AvgIpc) is 3.50. The third-order valence-corrected chi connectivity index (χ3v) is 6.95. The molecule has 2 aromatic carbocycles. The zero-order valence-corrected chi connectivity index (χ0v) is 17.9. The van der Waals surface area contributed by atoms with Crippen LogP contribution in [0.15, 0.2) is 47.4 Å². The van der Waals surface area contributed by atoms with E-state index in [0.29, 0.717) is 18.7 Å². The largest absolute Gasteiger partial charge is 0.497 e. The van der Waals surface area contributed by atoms with Crippen LogP contribution in [0.4, 0.5) is 5.69 Å². The Morgan fingerprint density at radius 1 is 1.17 bits per heavy atom. The summed E-state index contributed by atoms with van der Waals surface area (Å²) in [5, 5.41) is 0. The monoisotopic (exact) mass is 430 g/mol. The molecule has 2 aliphatic rings. The molecule has 1 aliphatic carbocycles. The minimum absolute atomic E-state index is 0.146. The number of benzene rings is 2. The predicted octanol–water partition coefficient (Wildman–Crippen LogP) is 2.74. The van der Waals surface area contributed by atoms with Gasteiger partial charge in [0.2, 0.25) is 15.9 Å². The zero-order chi connectivity index (χ0) is 21.3. The van der Waals surface area contributed by atoms with E-state index < -0.39 is 16.1 Å². The summed E-state index contributed by atoms with van der Waals surface area (Å²) in [7, 11) is -2.10. The molecule has 1 aliphatic heterocycles. The molecule has 4 rings (SSSR count). The molecule has 7 nitrogen and oxygen atoms in total. The lowest BCUT2D eigenvalue weighted by molar-refractivity contribution is -0.119. The normalized spacial score (nSPS) is 16.8. The number of ether oxygens (including phenoxy) is 2. The number of amides is 1. The number of anilines is 1. The number of methoxy groups -OCH3 is 1. The summed E-state index contributed by atoms with van der Waals surface area (Å²) in [5.41, 5.74) is 1.73. The van der Waals surface area contributed by atoms with Gasteiger partial charge in [0.15, 0.2) is 0 Å². The van der Waals surface area contributed by atoms with Gasteiger partial charge in [0.1, 0.15) is 18.1 Å². The van der Waals surface area contributed by atoms with E-state index in [-0.39, 0.29) is 23.3 Å². The first-order valence-electron chi connectivity index (χ1n) is 10.1. The second-order valence-electron chi connectivity index (χ2n) is 7.81. The smallest absolute Gasteiger partial charge is 0.240 e. The molecule has 30 heavy (non-hydrogen) atoms. The molecule has 1 amide bonds. The van der Waals surface area contributed by atoms with E-state index >= 15 is 0 Å². The topological polar surface area (TPSA) is 84.9 Å². The Kier molecular flexibility index (Phi) is 5.71. The van der Waals surface area contributed by atoms with Crippen LogP contribution in [0.3, 0.4) is 0 Å². The minimum atomic E-state index is -3.69. The molecule has 1 saturated carbocycles. The Balaban J connectivity index is 1.38. The standard InChI is InChI=1S/C22H26N2O5S/c1-15(14-29-19-7-5-18(28-2)6-8-19)23-30(26,27)20-9-10-21-17(13-20)11-12-24(21)22(25)16-3-4-16/h5-10,13,15-16,23H,3-4,11-12,14H2,1-2H3/t15-/m0/s1. The van der Waals surface area contributed by atoms with Crippen LogP contribution >= 0.6 is 0 Å². The van der Waals surface area contributed by atoms with Gasteiger partial charge in [-0.05, 0) is 74.2 Å². The number of nitrogens with zero attached hydrogens (tertiary/aromatic N) is 1. The lowest BCUT2D eigenvalue weighted by atomic mass is 10.2. The van der Waals surface area contributed by atoms with Gasteiger partial charge in [-0.1, -0.05) is 0 Å². The fraction of sp³-hybridized carbons (Fsp3) is 0.409. The van der Waals surface area contributed by atoms with Gasteiger partial charge in [0.05, 0.1) is 18.0 Å². The highest BCUT2D eigenvalue weighted by atomic mass is 32.2. The Labute approximate surface area is 177 Å². The summed E-state index contributed by atoms with van der Waals surface area (Å²) >= 11 is 0. The quantitative estimate of drug-likeness (QED) is 0.696. The van der Waals surface area contributed by atoms with Gasteiger partial charge in [-0.15, -0.1) is 0 Å². The first-order valence-corrected chi connectivity index (χ1v) is 11.6. The molecule has 8 heteroatoms. The number of hydrogen-bond acceptors (Lipinski definition) is 5. The third kappa shape index (κ3) is 4.44. The number of rotatable bonds is 8. The van der Waals surface area contributed by atoms with Crippen LogP contribution in [0.5, 0.6) is 11.5 Å². The van der Waals surface area contributed by atoms with Gasteiger partial charge >= 0.3 is 0 Å². The molecule has 0 saturated heterocycles. The molecule has 160 valence electrons. The number of hydrogen-bond donors (Lipinski definition) is 1. The summed E-state index contributed by atoms with van der Waals surface area (Å²) in [4.78, 5) is 14.4. The Hall–Kier alpha value is -2.58. The molecule has 2 aromatic rings. The number of sulfonamides is 1. The van der Waals surface area contributed by atoms with Gasteiger partial charge < -0.3 is 14.4 Å². The third-order valence-electron chi connectivity index (χ3n) is 5.37. The average molecular weight is 431 g/mol. The van der Waals surface area contributed by atoms with Crippen molar-refractivity contribution in [2.75, 3.05) is 25.2 Å². The molecule has 0 radical (unpaired) electrons. The maximum Gasteiger partial charge on any atom is 0.240 e. The molecule has 1 atom stereocenters. The number of carbonyl (C=O) groups is 1. The fourth-order valence-electron chi connectivity index (χ4n) is 3.58. The van der Waals surface area contributed by atoms with E-state index in [9.17, 15) is 13.2 Å². The second-order valence-corrected chi connectivity index (χ2v) is 9.53. The fourth-order valence-corrected chi connectivity index (χ4v) is 4.86. The summed E-state index contributed by atoms with van der Waals surface area (Å²) in [5.74, 6) is 1.67. The van der Waals surface area contributed by atoms with E-state index in [1.165, 1.54) is 0 Å². The van der Waals surface area contributed by atoms with Crippen molar-refractivity contribution < 1.29 is 22.7 Å². The minimum Gasteiger partial charge on any atom is -0.497 e. The van der Waals surface area contributed by atoms with E-state index in [1.54, 1.807) is 61.4 Å². The first-order chi connectivity index (χ1) is 14.4. The molecule has 1 heterocycles. The first kappa shape index (κ1) is 20.7. The van der Waals surface area contributed by atoms with Crippen LogP contribution in [0.25, 0.3) is 0 Å². The van der Waals surface area contributed by atoms with Crippen LogP contribution in [0.2, 0.25) is 0 Å². The SMILES string of the molecule is COc1ccc(OC[C@H](C)NS(=O)(=O)c2ccc3c(c2)CCN3C(=O)C2CC2)cc1. The summed E-state index contributed by atoms with van der Waals surface area (Å²) in [6.45, 7) is 2.57. The molecule has 0 spiro atoms. The van der Waals surface area contributed by atoms with Crippen LogP contribution in [0.1, 0.15) is 25.3 Å². The Bertz CT molecular complexity index is 1030. The highest BCUT2D eigenvalue weighted by Crippen LogP contribution is 2.37. The highest BCUT2D eigenvalue weighted by molar-refractivity contribution is 7.89. The van der Waals surface area contributed by atoms with Gasteiger partial charge in [0, 0.05) is 18.2 Å². The molecule has 1 N–H and O–H groups in total. The summed E-state index contributed by atoms with van der Waals surface area (Å²) < 4.78 is 39.0. The van der Waals surface area contributed by atoms with Crippen molar-refractivity contribution in [2.24, 2.45) is 5.92 Å². The lowest BCUT2D eigenvalue weighted by Crippen LogP contribution is -2.36. The van der Waals surface area contributed by atoms with Crippen molar-refractivity contribution in [3.05, 3.63) is 48.0 Å². The van der Waals surface area contributed by atoms with E-state index in [1.807, 2.05) is 0 Å². The maximum atomic E-state index is 12.8. The van der Waals surface area contributed by atoms with E-state index in [4.69, 9.17) is 9.47 Å². The van der Waals surface area contributed by atoms with E-state index in [2.05, 4.69) is 4.72 Å². The van der Waals surface area contributed by atoms with E-state index in [0.717, 1.165) is 29.8 Å². The Morgan fingerprint density at radius 3 is 2.53 bits per heavy atom. The highest BCUT2D eigenvalue weighted by Gasteiger charge is 2.36. The van der Waals surface area contributed by atoms with Crippen molar-refractivity contribution in [3.63, 3.8) is 0 Å². The lowest BCUT2D eigenvalue weighted by Gasteiger charge is -2.18. The van der Waals surface area contributed by atoms with Crippen LogP contribution in [0, 0.1) is 5.92 Å². The van der Waals surface area contributed by atoms with Crippen molar-refractivity contribution in [1.82, 2.24) is 4.72 Å². The van der Waals surface area contributed by atoms with Gasteiger partial charge in [-0.3, -0.25) is 4.79 Å². The van der Waals surface area contributed by atoms with Gasteiger partial charge in [-0.2, -0.15) is 0 Å². The number of nitrogens with one attached hydrogen (secondary N) is 1. The molecule has 0 aromatic heterocycles. The Morgan fingerprint density at radius 2 is 1.87 bits per heavy atom. The maximum absolute atomic E-state index is 12.8. The summed E-state index contributed by atoms with van der Waals surface area (Å²) in [6.07, 6.45) is 2.59. The van der Waals surface area contributed by atoms with Crippen molar-refractivity contribution in [1.29, 1.82) is 0 Å². The molecule has 0 unspecified atom stereocenters. The molecular weight excluding hydrogens is 404 g/mol. The predicted molar refractivity (Wildman–Crippen MR) is 113 cm³/mol. The molecule has 0 bridgehead atoms. The van der Waals surface area contributed by atoms with Gasteiger partial charge in [0.25, 0.3) is 0 Å².